The summed E-state index contributed by atoms with van der Waals surface area (Å²) in [6.07, 6.45) is 2.27. The van der Waals surface area contributed by atoms with Gasteiger partial charge in [0.15, 0.2) is 0 Å². The van der Waals surface area contributed by atoms with E-state index in [1.807, 2.05) is 54.7 Å². The molecule has 108 valence electrons. The van der Waals surface area contributed by atoms with Crippen LogP contribution in [0.15, 0.2) is 54.7 Å². The van der Waals surface area contributed by atoms with Gasteiger partial charge in [-0.3, -0.25) is 0 Å². The van der Waals surface area contributed by atoms with E-state index in [2.05, 4.69) is 11.9 Å². The van der Waals surface area contributed by atoms with Crippen molar-refractivity contribution >= 4 is 10.9 Å². The van der Waals surface area contributed by atoms with Gasteiger partial charge in [-0.1, -0.05) is 25.1 Å². The SMILES string of the molecule is CCCOc1ccc(C(O)c2ccc3[nH]ccc3c2)cc1. The summed E-state index contributed by atoms with van der Waals surface area (Å²) in [6.45, 7) is 2.79. The number of fused-ring (bicyclic) bond motifs is 1. The molecular weight excluding hydrogens is 262 g/mol. The van der Waals surface area contributed by atoms with Crippen LogP contribution in [-0.4, -0.2) is 16.7 Å². The van der Waals surface area contributed by atoms with Crippen molar-refractivity contribution in [2.45, 2.75) is 19.4 Å². The Morgan fingerprint density at radius 3 is 2.57 bits per heavy atom. The quantitative estimate of drug-likeness (QED) is 0.741. The minimum atomic E-state index is -0.621. The van der Waals surface area contributed by atoms with E-state index >= 15 is 0 Å². The van der Waals surface area contributed by atoms with Gasteiger partial charge in [-0.15, -0.1) is 0 Å². The molecule has 3 nitrogen and oxygen atoms in total. The lowest BCUT2D eigenvalue weighted by Gasteiger charge is -2.13. The summed E-state index contributed by atoms with van der Waals surface area (Å²) in [7, 11) is 0. The molecule has 0 aliphatic carbocycles. The third-order valence-electron chi connectivity index (χ3n) is 3.56. The number of H-pyrrole nitrogens is 1. The molecular formula is C18H19NO2. The Labute approximate surface area is 124 Å². The third kappa shape index (κ3) is 2.93. The lowest BCUT2D eigenvalue weighted by atomic mass is 10.0. The molecule has 0 aliphatic heterocycles. The number of nitrogens with one attached hydrogen (secondary N) is 1. The van der Waals surface area contributed by atoms with Crippen LogP contribution in [0.4, 0.5) is 0 Å². The maximum atomic E-state index is 10.5. The minimum absolute atomic E-state index is 0.621. The summed E-state index contributed by atoms with van der Waals surface area (Å²) in [4.78, 5) is 3.15. The van der Waals surface area contributed by atoms with Crippen molar-refractivity contribution in [3.05, 3.63) is 65.9 Å². The van der Waals surface area contributed by atoms with E-state index in [-0.39, 0.29) is 0 Å². The molecule has 1 unspecified atom stereocenters. The van der Waals surface area contributed by atoms with E-state index < -0.39 is 6.10 Å². The normalized spacial score (nSPS) is 12.5. The average Bonchev–Trinajstić information content (AvgIpc) is 3.00. The Morgan fingerprint density at radius 2 is 1.81 bits per heavy atom. The van der Waals surface area contributed by atoms with E-state index in [4.69, 9.17) is 4.74 Å². The molecule has 2 aromatic carbocycles. The van der Waals surface area contributed by atoms with Crippen molar-refractivity contribution in [3.63, 3.8) is 0 Å². The second-order valence-corrected chi connectivity index (χ2v) is 5.14. The summed E-state index contributed by atoms with van der Waals surface area (Å²) < 4.78 is 5.56. The second-order valence-electron chi connectivity index (χ2n) is 5.14. The third-order valence-corrected chi connectivity index (χ3v) is 3.56. The Hall–Kier alpha value is -2.26. The second kappa shape index (κ2) is 6.02. The zero-order chi connectivity index (χ0) is 14.7. The van der Waals surface area contributed by atoms with Gasteiger partial charge < -0.3 is 14.8 Å². The van der Waals surface area contributed by atoms with Crippen molar-refractivity contribution < 1.29 is 9.84 Å². The zero-order valence-corrected chi connectivity index (χ0v) is 12.0. The van der Waals surface area contributed by atoms with Crippen LogP contribution in [0.2, 0.25) is 0 Å². The number of aromatic amines is 1. The maximum absolute atomic E-state index is 10.5. The first kappa shape index (κ1) is 13.7. The summed E-state index contributed by atoms with van der Waals surface area (Å²) in [5.41, 5.74) is 2.84. The molecule has 0 aliphatic rings. The molecule has 0 bridgehead atoms. The number of aliphatic hydroxyl groups excluding tert-OH is 1. The number of hydrogen-bond donors (Lipinski definition) is 2. The molecule has 0 spiro atoms. The van der Waals surface area contributed by atoms with Gasteiger partial charge in [0.05, 0.1) is 6.61 Å². The molecule has 0 saturated heterocycles. The Kier molecular flexibility index (Phi) is 3.93. The monoisotopic (exact) mass is 281 g/mol. The van der Waals surface area contributed by atoms with Crippen LogP contribution in [-0.2, 0) is 0 Å². The van der Waals surface area contributed by atoms with Gasteiger partial charge in [-0.2, -0.15) is 0 Å². The summed E-state index contributed by atoms with van der Waals surface area (Å²) >= 11 is 0. The molecule has 3 heteroatoms. The van der Waals surface area contributed by atoms with Crippen LogP contribution in [0.1, 0.15) is 30.6 Å². The van der Waals surface area contributed by atoms with E-state index in [0.717, 1.165) is 34.2 Å². The van der Waals surface area contributed by atoms with Crippen LogP contribution >= 0.6 is 0 Å². The standard InChI is InChI=1S/C18H19NO2/c1-2-11-21-16-6-3-13(4-7-16)18(20)15-5-8-17-14(12-15)9-10-19-17/h3-10,12,18-20H,2,11H2,1H3. The van der Waals surface area contributed by atoms with Crippen LogP contribution in [0, 0.1) is 0 Å². The van der Waals surface area contributed by atoms with Crippen molar-refractivity contribution in [1.29, 1.82) is 0 Å². The summed E-state index contributed by atoms with van der Waals surface area (Å²) in [6, 6.07) is 15.6. The highest BCUT2D eigenvalue weighted by Gasteiger charge is 2.11. The van der Waals surface area contributed by atoms with Crippen molar-refractivity contribution in [1.82, 2.24) is 4.98 Å². The molecule has 3 rings (SSSR count). The fraction of sp³-hybridized carbons (Fsp3) is 0.222. The van der Waals surface area contributed by atoms with Gasteiger partial charge >= 0.3 is 0 Å². The zero-order valence-electron chi connectivity index (χ0n) is 12.0. The Morgan fingerprint density at radius 1 is 1.05 bits per heavy atom. The molecule has 1 atom stereocenters. The van der Waals surface area contributed by atoms with Crippen LogP contribution in [0.25, 0.3) is 10.9 Å². The van der Waals surface area contributed by atoms with Crippen LogP contribution in [0.3, 0.4) is 0 Å². The lowest BCUT2D eigenvalue weighted by Crippen LogP contribution is -2.00. The minimum Gasteiger partial charge on any atom is -0.494 e. The van der Waals surface area contributed by atoms with E-state index in [9.17, 15) is 5.11 Å². The number of aliphatic hydroxyl groups is 1. The van der Waals surface area contributed by atoms with E-state index in [1.54, 1.807) is 0 Å². The molecule has 0 fully saturated rings. The largest absolute Gasteiger partial charge is 0.494 e. The number of benzene rings is 2. The molecule has 1 heterocycles. The van der Waals surface area contributed by atoms with E-state index in [0.29, 0.717) is 6.61 Å². The predicted molar refractivity (Wildman–Crippen MR) is 84.6 cm³/mol. The average molecular weight is 281 g/mol. The molecule has 3 aromatic rings. The number of rotatable bonds is 5. The fourth-order valence-corrected chi connectivity index (χ4v) is 2.40. The number of aromatic nitrogens is 1. The van der Waals surface area contributed by atoms with Crippen molar-refractivity contribution in [2.75, 3.05) is 6.61 Å². The van der Waals surface area contributed by atoms with Gasteiger partial charge in [0.1, 0.15) is 11.9 Å². The molecule has 21 heavy (non-hydrogen) atoms. The highest BCUT2D eigenvalue weighted by atomic mass is 16.5. The topological polar surface area (TPSA) is 45.2 Å². The molecule has 2 N–H and O–H groups in total. The van der Waals surface area contributed by atoms with Gasteiger partial charge in [-0.25, -0.2) is 0 Å². The van der Waals surface area contributed by atoms with Gasteiger partial charge in [-0.05, 0) is 53.3 Å². The molecule has 0 amide bonds. The Bertz CT molecular complexity index is 715. The van der Waals surface area contributed by atoms with Crippen molar-refractivity contribution in [2.24, 2.45) is 0 Å². The first-order valence-corrected chi connectivity index (χ1v) is 7.26. The molecule has 1 aromatic heterocycles. The number of hydrogen-bond acceptors (Lipinski definition) is 2. The van der Waals surface area contributed by atoms with Crippen LogP contribution < -0.4 is 4.74 Å². The first-order valence-electron chi connectivity index (χ1n) is 7.26. The summed E-state index contributed by atoms with van der Waals surface area (Å²) in [5, 5.41) is 11.6. The maximum Gasteiger partial charge on any atom is 0.119 e. The first-order chi connectivity index (χ1) is 10.3. The van der Waals surface area contributed by atoms with Crippen molar-refractivity contribution in [3.8, 4) is 5.75 Å². The van der Waals surface area contributed by atoms with Gasteiger partial charge in [0.2, 0.25) is 0 Å². The highest BCUT2D eigenvalue weighted by Crippen LogP contribution is 2.26. The summed E-state index contributed by atoms with van der Waals surface area (Å²) in [5.74, 6) is 0.842. The predicted octanol–water partition coefficient (Wildman–Crippen LogP) is 4.04. The smallest absolute Gasteiger partial charge is 0.119 e. The van der Waals surface area contributed by atoms with E-state index in [1.165, 1.54) is 0 Å². The fourth-order valence-electron chi connectivity index (χ4n) is 2.40. The highest BCUT2D eigenvalue weighted by molar-refractivity contribution is 5.80. The van der Waals surface area contributed by atoms with Crippen LogP contribution in [0.5, 0.6) is 5.75 Å². The molecule has 0 saturated carbocycles. The number of ether oxygens (including phenoxy) is 1. The lowest BCUT2D eigenvalue weighted by molar-refractivity contribution is 0.220. The Balaban J connectivity index is 1.81. The van der Waals surface area contributed by atoms with Gasteiger partial charge in [0, 0.05) is 11.7 Å². The van der Waals surface area contributed by atoms with Gasteiger partial charge in [0.25, 0.3) is 0 Å². The molecule has 0 radical (unpaired) electrons.